The molecular weight excluding hydrogens is 376 g/mol. The van der Waals surface area contributed by atoms with E-state index in [1.54, 1.807) is 24.3 Å². The Balaban J connectivity index is 1.58. The molecule has 29 heavy (non-hydrogen) atoms. The highest BCUT2D eigenvalue weighted by Gasteiger charge is 2.70. The van der Waals surface area contributed by atoms with E-state index in [9.17, 15) is 19.2 Å². The maximum atomic E-state index is 13.4. The summed E-state index contributed by atoms with van der Waals surface area (Å²) in [6.45, 7) is 0.784. The number of likely N-dealkylation sites (tertiary alicyclic amines) is 1. The minimum absolute atomic E-state index is 0.134. The number of rotatable bonds is 4. The number of nitrogens with zero attached hydrogens (tertiary/aromatic N) is 1. The molecule has 5 rings (SSSR count). The zero-order chi connectivity index (χ0) is 20.3. The number of benzene rings is 1. The average molecular weight is 398 g/mol. The highest BCUT2D eigenvalue weighted by molar-refractivity contribution is 6.15. The maximum absolute atomic E-state index is 13.4. The summed E-state index contributed by atoms with van der Waals surface area (Å²) < 4.78 is 5.60. The molecular formula is C20H22N4O5. The first-order valence-corrected chi connectivity index (χ1v) is 9.87. The van der Waals surface area contributed by atoms with Crippen LogP contribution in [-0.2, 0) is 29.5 Å². The van der Waals surface area contributed by atoms with E-state index < -0.39 is 35.2 Å². The van der Waals surface area contributed by atoms with Gasteiger partial charge in [0.2, 0.25) is 23.6 Å². The van der Waals surface area contributed by atoms with Gasteiger partial charge in [0.05, 0.1) is 24.5 Å². The number of carbonyl (C=O) groups is 4. The van der Waals surface area contributed by atoms with Crippen molar-refractivity contribution in [1.82, 2.24) is 10.2 Å². The fourth-order valence-electron chi connectivity index (χ4n) is 5.38. The molecule has 0 aromatic heterocycles. The molecule has 4 aliphatic rings. The number of primary amides is 1. The van der Waals surface area contributed by atoms with Gasteiger partial charge in [0, 0.05) is 30.3 Å². The molecule has 3 fully saturated rings. The van der Waals surface area contributed by atoms with Crippen molar-refractivity contribution >= 4 is 29.3 Å². The summed E-state index contributed by atoms with van der Waals surface area (Å²) in [5.41, 5.74) is 5.24. The fourth-order valence-corrected chi connectivity index (χ4v) is 5.38. The van der Waals surface area contributed by atoms with Crippen LogP contribution in [0, 0.1) is 11.8 Å². The molecule has 1 aromatic carbocycles. The molecule has 4 N–H and O–H groups in total. The molecule has 0 radical (unpaired) electrons. The topological polar surface area (TPSA) is 131 Å². The van der Waals surface area contributed by atoms with Crippen molar-refractivity contribution in [3.63, 3.8) is 0 Å². The Morgan fingerprint density at radius 1 is 1.24 bits per heavy atom. The molecule has 1 aromatic rings. The lowest BCUT2D eigenvalue weighted by Gasteiger charge is -2.29. The summed E-state index contributed by atoms with van der Waals surface area (Å²) in [5, 5.41) is 5.98. The Morgan fingerprint density at radius 3 is 2.76 bits per heavy atom. The molecule has 4 amide bonds. The summed E-state index contributed by atoms with van der Waals surface area (Å²) in [5.74, 6) is -3.51. The summed E-state index contributed by atoms with van der Waals surface area (Å²) in [6, 6.07) is 6.40. The zero-order valence-electron chi connectivity index (χ0n) is 15.7. The van der Waals surface area contributed by atoms with Gasteiger partial charge in [0.15, 0.2) is 0 Å². The lowest BCUT2D eigenvalue weighted by atomic mass is 9.76. The normalized spacial score (nSPS) is 35.3. The third kappa shape index (κ3) is 2.47. The first-order chi connectivity index (χ1) is 13.9. The number of hydrogen-bond donors (Lipinski definition) is 3. The molecule has 9 heteroatoms. The Kier molecular flexibility index (Phi) is 4.01. The first-order valence-electron chi connectivity index (χ1n) is 9.87. The van der Waals surface area contributed by atoms with Crippen LogP contribution in [0.1, 0.15) is 24.8 Å². The smallest absolute Gasteiger partial charge is 0.250 e. The highest BCUT2D eigenvalue weighted by atomic mass is 16.5. The molecule has 1 spiro atoms. The van der Waals surface area contributed by atoms with Gasteiger partial charge in [-0.25, -0.2) is 0 Å². The largest absolute Gasteiger partial charge is 0.376 e. The van der Waals surface area contributed by atoms with Gasteiger partial charge in [0.25, 0.3) is 0 Å². The molecule has 0 aliphatic carbocycles. The first kappa shape index (κ1) is 18.3. The van der Waals surface area contributed by atoms with Crippen LogP contribution in [0.15, 0.2) is 24.3 Å². The van der Waals surface area contributed by atoms with Crippen LogP contribution < -0.4 is 16.4 Å². The number of fused-ring (bicyclic) bond motifs is 4. The van der Waals surface area contributed by atoms with E-state index in [0.29, 0.717) is 17.9 Å². The van der Waals surface area contributed by atoms with Gasteiger partial charge in [-0.15, -0.1) is 0 Å². The molecule has 3 saturated heterocycles. The van der Waals surface area contributed by atoms with Gasteiger partial charge in [-0.2, -0.15) is 0 Å². The second-order valence-corrected chi connectivity index (χ2v) is 8.15. The van der Waals surface area contributed by atoms with E-state index in [0.717, 1.165) is 12.8 Å². The molecule has 0 bridgehead atoms. The van der Waals surface area contributed by atoms with Crippen molar-refractivity contribution < 1.29 is 23.9 Å². The summed E-state index contributed by atoms with van der Waals surface area (Å²) in [6.07, 6.45) is 1.35. The summed E-state index contributed by atoms with van der Waals surface area (Å²) in [4.78, 5) is 52.7. The van der Waals surface area contributed by atoms with Gasteiger partial charge in [0.1, 0.15) is 5.54 Å². The van der Waals surface area contributed by atoms with Gasteiger partial charge >= 0.3 is 0 Å². The van der Waals surface area contributed by atoms with Gasteiger partial charge in [-0.1, -0.05) is 18.2 Å². The minimum atomic E-state index is -1.39. The van der Waals surface area contributed by atoms with Crippen molar-refractivity contribution in [2.24, 2.45) is 17.6 Å². The number of imide groups is 1. The van der Waals surface area contributed by atoms with E-state index in [-0.39, 0.29) is 30.9 Å². The number of nitrogens with one attached hydrogen (secondary N) is 2. The summed E-state index contributed by atoms with van der Waals surface area (Å²) in [7, 11) is 0. The second kappa shape index (κ2) is 6.36. The Labute approximate surface area is 166 Å². The van der Waals surface area contributed by atoms with E-state index in [1.807, 2.05) is 0 Å². The maximum Gasteiger partial charge on any atom is 0.250 e. The highest BCUT2D eigenvalue weighted by Crippen LogP contribution is 2.53. The monoisotopic (exact) mass is 398 g/mol. The molecule has 152 valence electrons. The van der Waals surface area contributed by atoms with Crippen molar-refractivity contribution in [1.29, 1.82) is 0 Å². The molecule has 0 saturated carbocycles. The van der Waals surface area contributed by atoms with Crippen LogP contribution in [0.4, 0.5) is 5.69 Å². The predicted molar refractivity (Wildman–Crippen MR) is 100 cm³/mol. The third-order valence-corrected chi connectivity index (χ3v) is 6.55. The standard InChI is InChI=1S/C20H22N4O5/c21-14(25)8-13-15-16(18(27)24(17(15)26)9-10-4-3-7-29-10)20(23-13)11-5-1-2-6-12(11)22-19(20)28/h1-2,5-6,10,13,15-16,23H,3-4,7-9H2,(H2,21,25)(H,22,28)/t10-,13-,15-,16-,20-/m0/s1. The predicted octanol–water partition coefficient (Wildman–Crippen LogP) is -0.539. The van der Waals surface area contributed by atoms with E-state index >= 15 is 0 Å². The van der Waals surface area contributed by atoms with Crippen LogP contribution >= 0.6 is 0 Å². The Hall–Kier alpha value is -2.78. The molecule has 0 unspecified atom stereocenters. The number of ether oxygens (including phenoxy) is 1. The molecule has 5 atom stereocenters. The Bertz CT molecular complexity index is 927. The van der Waals surface area contributed by atoms with Gasteiger partial charge < -0.3 is 15.8 Å². The lowest BCUT2D eigenvalue weighted by molar-refractivity contribution is -0.144. The van der Waals surface area contributed by atoms with E-state index in [4.69, 9.17) is 10.5 Å². The number of para-hydroxylation sites is 1. The van der Waals surface area contributed by atoms with Gasteiger partial charge in [-0.3, -0.25) is 29.4 Å². The number of amides is 4. The van der Waals surface area contributed by atoms with Crippen molar-refractivity contribution in [2.45, 2.75) is 36.9 Å². The van der Waals surface area contributed by atoms with Crippen molar-refractivity contribution in [3.05, 3.63) is 29.8 Å². The number of carbonyl (C=O) groups excluding carboxylic acids is 4. The summed E-state index contributed by atoms with van der Waals surface area (Å²) >= 11 is 0. The SMILES string of the molecule is NC(=O)C[C@@H]1N[C@]2(C(=O)Nc3ccccc32)[C@@H]2C(=O)N(C[C@@H]3CCCO3)C(=O)[C@@H]12. The van der Waals surface area contributed by atoms with E-state index in [1.165, 1.54) is 4.90 Å². The zero-order valence-corrected chi connectivity index (χ0v) is 15.7. The Morgan fingerprint density at radius 2 is 2.03 bits per heavy atom. The van der Waals surface area contributed by atoms with Crippen molar-refractivity contribution in [2.75, 3.05) is 18.5 Å². The third-order valence-electron chi connectivity index (χ3n) is 6.55. The molecule has 9 nitrogen and oxygen atoms in total. The van der Waals surface area contributed by atoms with Crippen LogP contribution in [0.5, 0.6) is 0 Å². The van der Waals surface area contributed by atoms with Crippen LogP contribution in [0.2, 0.25) is 0 Å². The van der Waals surface area contributed by atoms with Crippen LogP contribution in [0.25, 0.3) is 0 Å². The van der Waals surface area contributed by atoms with Crippen LogP contribution in [-0.4, -0.2) is 53.8 Å². The average Bonchev–Trinajstić information content (AvgIpc) is 3.41. The number of nitrogens with two attached hydrogens (primary N) is 1. The quantitative estimate of drug-likeness (QED) is 0.584. The van der Waals surface area contributed by atoms with Crippen molar-refractivity contribution in [3.8, 4) is 0 Å². The minimum Gasteiger partial charge on any atom is -0.376 e. The molecule has 4 aliphatic heterocycles. The van der Waals surface area contributed by atoms with Crippen LogP contribution in [0.3, 0.4) is 0 Å². The van der Waals surface area contributed by atoms with E-state index in [2.05, 4.69) is 10.6 Å². The second-order valence-electron chi connectivity index (χ2n) is 8.15. The molecule has 4 heterocycles. The lowest BCUT2D eigenvalue weighted by Crippen LogP contribution is -2.54. The van der Waals surface area contributed by atoms with Gasteiger partial charge in [-0.05, 0) is 18.9 Å². The number of hydrogen-bond acceptors (Lipinski definition) is 6. The fraction of sp³-hybridized carbons (Fsp3) is 0.500. The number of anilines is 1.